The Morgan fingerprint density at radius 2 is 1.57 bits per heavy atom. The Kier molecular flexibility index (Phi) is 3.45. The van der Waals surface area contributed by atoms with E-state index in [0.29, 0.717) is 26.0 Å². The summed E-state index contributed by atoms with van der Waals surface area (Å²) >= 11 is 9.12. The normalized spacial score (nSPS) is 19.3. The van der Waals surface area contributed by atoms with E-state index in [-0.39, 0.29) is 11.6 Å². The number of allylic oxidation sites excluding steroid dienone is 2. The lowest BCUT2D eigenvalue weighted by Crippen LogP contribution is -2.02. The minimum atomic E-state index is -0.0985. The van der Waals surface area contributed by atoms with Crippen LogP contribution < -0.4 is 0 Å². The molecule has 0 spiro atoms. The van der Waals surface area contributed by atoms with Crippen molar-refractivity contribution in [1.82, 2.24) is 0 Å². The van der Waals surface area contributed by atoms with Crippen molar-refractivity contribution < 1.29 is 9.59 Å². The van der Waals surface area contributed by atoms with Gasteiger partial charge in [-0.15, -0.1) is 0 Å². The van der Waals surface area contributed by atoms with Crippen LogP contribution in [-0.4, -0.2) is 11.6 Å². The Labute approximate surface area is 147 Å². The molecule has 0 aromatic heterocycles. The number of thioether (sulfide) groups is 2. The number of aryl methyl sites for hydroxylation is 1. The molecule has 114 valence electrons. The van der Waals surface area contributed by atoms with Crippen LogP contribution in [0.4, 0.5) is 0 Å². The summed E-state index contributed by atoms with van der Waals surface area (Å²) in [6.07, 6.45) is 0. The number of ketones is 2. The van der Waals surface area contributed by atoms with Gasteiger partial charge in [-0.2, -0.15) is 0 Å². The summed E-state index contributed by atoms with van der Waals surface area (Å²) in [5.74, 6) is -0.169. The molecule has 0 fully saturated rings. The minimum Gasteiger partial charge on any atom is -0.288 e. The zero-order valence-corrected chi connectivity index (χ0v) is 14.8. The highest BCUT2D eigenvalue weighted by Crippen LogP contribution is 2.52. The topological polar surface area (TPSA) is 34.1 Å². The summed E-state index contributed by atoms with van der Waals surface area (Å²) in [6.45, 7) is 3.88. The predicted molar refractivity (Wildman–Crippen MR) is 94.8 cm³/mol. The first-order chi connectivity index (χ1) is 11.0. The molecule has 2 aromatic rings. The molecule has 0 radical (unpaired) electrons. The molecule has 0 amide bonds. The van der Waals surface area contributed by atoms with E-state index in [1.807, 2.05) is 38.1 Å². The first-order valence-electron chi connectivity index (χ1n) is 7.07. The number of Topliss-reactive ketones (excluding diaryl/α,β-unsaturated/α-hetero) is 2. The number of hydrogen-bond donors (Lipinski definition) is 0. The molecular formula is C18H11ClO2S2. The molecule has 0 atom stereocenters. The van der Waals surface area contributed by atoms with Crippen LogP contribution in [0.2, 0.25) is 5.02 Å². The third kappa shape index (κ3) is 2.12. The molecule has 2 aromatic carbocycles. The summed E-state index contributed by atoms with van der Waals surface area (Å²) in [6, 6.07) is 9.32. The fourth-order valence-corrected chi connectivity index (χ4v) is 5.45. The summed E-state index contributed by atoms with van der Waals surface area (Å²) in [5, 5.41) is 0.613. The van der Waals surface area contributed by atoms with E-state index < -0.39 is 0 Å². The molecule has 0 N–H and O–H groups in total. The van der Waals surface area contributed by atoms with Gasteiger partial charge < -0.3 is 0 Å². The van der Waals surface area contributed by atoms with Crippen molar-refractivity contribution in [3.8, 4) is 0 Å². The average Bonchev–Trinajstić information content (AvgIpc) is 3.04. The number of carbonyl (C=O) groups excluding carboxylic acids is 2. The second kappa shape index (κ2) is 5.26. The fourth-order valence-electron chi connectivity index (χ4n) is 2.71. The van der Waals surface area contributed by atoms with E-state index in [2.05, 4.69) is 0 Å². The van der Waals surface area contributed by atoms with Crippen LogP contribution in [0, 0.1) is 13.8 Å². The Hall–Kier alpha value is -1.49. The van der Waals surface area contributed by atoms with Crippen molar-refractivity contribution >= 4 is 46.7 Å². The largest absolute Gasteiger partial charge is 0.288 e. The number of benzene rings is 2. The maximum Gasteiger partial charge on any atom is 0.202 e. The van der Waals surface area contributed by atoms with E-state index in [0.717, 1.165) is 20.9 Å². The lowest BCUT2D eigenvalue weighted by molar-refractivity contribution is 0.101. The van der Waals surface area contributed by atoms with Gasteiger partial charge in [-0.1, -0.05) is 47.3 Å². The van der Waals surface area contributed by atoms with Gasteiger partial charge in [-0.05, 0) is 43.2 Å². The van der Waals surface area contributed by atoms with Crippen LogP contribution in [0.5, 0.6) is 0 Å². The summed E-state index contributed by atoms with van der Waals surface area (Å²) in [7, 11) is 0. The van der Waals surface area contributed by atoms with E-state index >= 15 is 0 Å². The molecule has 0 saturated heterocycles. The molecule has 2 heterocycles. The third-order valence-corrected chi connectivity index (χ3v) is 7.24. The third-order valence-electron chi connectivity index (χ3n) is 4.14. The summed E-state index contributed by atoms with van der Waals surface area (Å²) < 4.78 is 0. The van der Waals surface area contributed by atoms with Gasteiger partial charge in [0.05, 0.1) is 14.8 Å². The van der Waals surface area contributed by atoms with Crippen LogP contribution in [0.15, 0.2) is 49.9 Å². The Morgan fingerprint density at radius 3 is 2.30 bits per heavy atom. The number of fused-ring (bicyclic) bond motifs is 2. The molecule has 5 heteroatoms. The molecule has 0 aliphatic carbocycles. The van der Waals surface area contributed by atoms with Crippen molar-refractivity contribution in [2.75, 3.05) is 0 Å². The lowest BCUT2D eigenvalue weighted by atomic mass is 10.0. The fraction of sp³-hybridized carbons (Fsp3) is 0.111. The average molecular weight is 359 g/mol. The Balaban J connectivity index is 1.87. The molecule has 2 aliphatic rings. The minimum absolute atomic E-state index is 0.0705. The van der Waals surface area contributed by atoms with Gasteiger partial charge in [-0.3, -0.25) is 9.59 Å². The predicted octanol–water partition coefficient (Wildman–Crippen LogP) is 5.45. The van der Waals surface area contributed by atoms with Gasteiger partial charge in [0, 0.05) is 20.9 Å². The van der Waals surface area contributed by atoms with Crippen LogP contribution in [0.25, 0.3) is 0 Å². The maximum atomic E-state index is 12.8. The molecular weight excluding hydrogens is 348 g/mol. The molecule has 0 saturated carbocycles. The number of rotatable bonds is 0. The van der Waals surface area contributed by atoms with Crippen LogP contribution in [-0.2, 0) is 0 Å². The zero-order valence-electron chi connectivity index (χ0n) is 12.4. The Bertz CT molecular complexity index is 944. The second-order valence-electron chi connectivity index (χ2n) is 5.53. The van der Waals surface area contributed by atoms with E-state index in [1.165, 1.54) is 23.5 Å². The number of hydrogen-bond acceptors (Lipinski definition) is 4. The van der Waals surface area contributed by atoms with E-state index in [4.69, 9.17) is 11.6 Å². The van der Waals surface area contributed by atoms with Crippen LogP contribution >= 0.6 is 35.1 Å². The zero-order chi connectivity index (χ0) is 16.3. The lowest BCUT2D eigenvalue weighted by Gasteiger charge is -2.06. The van der Waals surface area contributed by atoms with Gasteiger partial charge in [0.25, 0.3) is 0 Å². The van der Waals surface area contributed by atoms with E-state index in [1.54, 1.807) is 6.07 Å². The monoisotopic (exact) mass is 358 g/mol. The molecule has 0 bridgehead atoms. The SMILES string of the molecule is Cc1cc2c(c(Cl)c1C)SC(=C1Sc3ccccc3C1=O)C2=O. The quantitative estimate of drug-likeness (QED) is 0.587. The van der Waals surface area contributed by atoms with Crippen molar-refractivity contribution in [2.45, 2.75) is 23.6 Å². The smallest absolute Gasteiger partial charge is 0.202 e. The second-order valence-corrected chi connectivity index (χ2v) is 7.98. The maximum absolute atomic E-state index is 12.8. The molecule has 23 heavy (non-hydrogen) atoms. The molecule has 2 nitrogen and oxygen atoms in total. The van der Waals surface area contributed by atoms with Gasteiger partial charge in [0.1, 0.15) is 0 Å². The first-order valence-corrected chi connectivity index (χ1v) is 9.08. The van der Waals surface area contributed by atoms with Gasteiger partial charge in [-0.25, -0.2) is 0 Å². The molecule has 4 rings (SSSR count). The van der Waals surface area contributed by atoms with Crippen molar-refractivity contribution in [2.24, 2.45) is 0 Å². The summed E-state index contributed by atoms with van der Waals surface area (Å²) in [4.78, 5) is 28.1. The van der Waals surface area contributed by atoms with Gasteiger partial charge >= 0.3 is 0 Å². The molecule has 0 unspecified atom stereocenters. The highest BCUT2D eigenvalue weighted by molar-refractivity contribution is 8.08. The van der Waals surface area contributed by atoms with Crippen molar-refractivity contribution in [3.63, 3.8) is 0 Å². The standard InChI is InChI=1S/C18H11ClO2S2/c1-8-7-11-15(21)18(23-16(11)13(19)9(8)2)17-14(20)10-5-3-4-6-12(10)22-17/h3-7H,1-2H3. The number of carbonyl (C=O) groups is 2. The Morgan fingerprint density at radius 1 is 0.913 bits per heavy atom. The highest BCUT2D eigenvalue weighted by Gasteiger charge is 2.37. The van der Waals surface area contributed by atoms with Crippen LogP contribution in [0.3, 0.4) is 0 Å². The van der Waals surface area contributed by atoms with Crippen LogP contribution in [0.1, 0.15) is 31.8 Å². The van der Waals surface area contributed by atoms with Crippen molar-refractivity contribution in [1.29, 1.82) is 0 Å². The first kappa shape index (κ1) is 15.1. The van der Waals surface area contributed by atoms with Gasteiger partial charge in [0.15, 0.2) is 0 Å². The van der Waals surface area contributed by atoms with Crippen molar-refractivity contribution in [3.05, 3.63) is 67.4 Å². The number of halogens is 1. The molecule has 2 aliphatic heterocycles. The van der Waals surface area contributed by atoms with E-state index in [9.17, 15) is 9.59 Å². The van der Waals surface area contributed by atoms with Gasteiger partial charge in [0.2, 0.25) is 11.6 Å². The highest BCUT2D eigenvalue weighted by atomic mass is 35.5. The summed E-state index contributed by atoms with van der Waals surface area (Å²) in [5.41, 5.74) is 3.24.